The van der Waals surface area contributed by atoms with Gasteiger partial charge in [0, 0.05) is 40.8 Å². The fraction of sp³-hybridized carbons (Fsp3) is 0.286. The van der Waals surface area contributed by atoms with Gasteiger partial charge in [-0.25, -0.2) is 13.4 Å². The van der Waals surface area contributed by atoms with E-state index in [4.69, 9.17) is 15.1 Å². The second-order valence-corrected chi connectivity index (χ2v) is 8.02. The van der Waals surface area contributed by atoms with Crippen molar-refractivity contribution in [3.8, 4) is 11.3 Å². The first kappa shape index (κ1) is 15.1. The van der Waals surface area contributed by atoms with Gasteiger partial charge in [0.2, 0.25) is 15.0 Å². The molecule has 6 nitrogen and oxygen atoms in total. The smallest absolute Gasteiger partial charge is 0.232 e. The Morgan fingerprint density at radius 3 is 2.91 bits per heavy atom. The standard InChI is InChI=1S/C14H13ClN2O4S/c15-22(19,20)8-10-4-14(18)17(7-10)12-3-1-2-11(5-12)13-6-16-9-21-13/h1-3,5-6,9-10H,4,7-8H2. The van der Waals surface area contributed by atoms with E-state index >= 15 is 0 Å². The number of carbonyl (C=O) groups excluding carboxylic acids is 1. The summed E-state index contributed by atoms with van der Waals surface area (Å²) in [4.78, 5) is 17.6. The fourth-order valence-electron chi connectivity index (χ4n) is 2.61. The number of oxazole rings is 1. The van der Waals surface area contributed by atoms with E-state index < -0.39 is 9.05 Å². The maximum atomic E-state index is 12.1. The number of hydrogen-bond donors (Lipinski definition) is 0. The van der Waals surface area contributed by atoms with E-state index in [1.54, 1.807) is 17.2 Å². The summed E-state index contributed by atoms with van der Waals surface area (Å²) in [6, 6.07) is 7.28. The summed E-state index contributed by atoms with van der Waals surface area (Å²) < 4.78 is 27.6. The summed E-state index contributed by atoms with van der Waals surface area (Å²) in [7, 11) is 1.66. The number of benzene rings is 1. The van der Waals surface area contributed by atoms with Crippen molar-refractivity contribution in [1.29, 1.82) is 0 Å². The van der Waals surface area contributed by atoms with E-state index in [0.29, 0.717) is 18.0 Å². The largest absolute Gasteiger partial charge is 0.444 e. The number of halogens is 1. The van der Waals surface area contributed by atoms with Crippen LogP contribution < -0.4 is 4.90 Å². The Morgan fingerprint density at radius 1 is 1.41 bits per heavy atom. The molecule has 1 saturated heterocycles. The van der Waals surface area contributed by atoms with Crippen molar-refractivity contribution >= 4 is 31.3 Å². The van der Waals surface area contributed by atoms with Gasteiger partial charge >= 0.3 is 0 Å². The first-order valence-corrected chi connectivity index (χ1v) is 9.12. The molecular weight excluding hydrogens is 328 g/mol. The maximum Gasteiger partial charge on any atom is 0.232 e. The maximum absolute atomic E-state index is 12.1. The lowest BCUT2D eigenvalue weighted by atomic mass is 10.1. The number of carbonyl (C=O) groups is 1. The molecule has 0 radical (unpaired) electrons. The topological polar surface area (TPSA) is 80.5 Å². The van der Waals surface area contributed by atoms with Crippen molar-refractivity contribution in [3.05, 3.63) is 36.9 Å². The molecule has 1 fully saturated rings. The zero-order valence-electron chi connectivity index (χ0n) is 11.5. The third kappa shape index (κ3) is 3.31. The SMILES string of the molecule is O=C1CC(CS(=O)(=O)Cl)CN1c1cccc(-c2cnco2)c1. The molecule has 1 aliphatic heterocycles. The van der Waals surface area contributed by atoms with Gasteiger partial charge in [0.15, 0.2) is 12.2 Å². The average Bonchev–Trinajstić information content (AvgIpc) is 3.07. The number of hydrogen-bond acceptors (Lipinski definition) is 5. The summed E-state index contributed by atoms with van der Waals surface area (Å²) in [5, 5.41) is 0. The number of anilines is 1. The lowest BCUT2D eigenvalue weighted by molar-refractivity contribution is -0.117. The molecular formula is C14H13ClN2O4S. The van der Waals surface area contributed by atoms with Gasteiger partial charge in [0.25, 0.3) is 0 Å². The van der Waals surface area contributed by atoms with Crippen LogP contribution in [0.5, 0.6) is 0 Å². The quantitative estimate of drug-likeness (QED) is 0.797. The van der Waals surface area contributed by atoms with Crippen LogP contribution in [0.25, 0.3) is 11.3 Å². The minimum absolute atomic E-state index is 0.111. The van der Waals surface area contributed by atoms with Crippen LogP contribution in [-0.2, 0) is 13.8 Å². The Bertz CT molecular complexity index is 789. The van der Waals surface area contributed by atoms with Crippen molar-refractivity contribution in [2.24, 2.45) is 5.92 Å². The second kappa shape index (κ2) is 5.73. The van der Waals surface area contributed by atoms with Gasteiger partial charge in [0.05, 0.1) is 11.9 Å². The molecule has 1 aromatic heterocycles. The van der Waals surface area contributed by atoms with Crippen LogP contribution in [0.15, 0.2) is 41.3 Å². The highest BCUT2D eigenvalue weighted by Crippen LogP contribution is 2.30. The fourth-order valence-corrected chi connectivity index (χ4v) is 3.93. The predicted octanol–water partition coefficient (Wildman–Crippen LogP) is 2.26. The van der Waals surface area contributed by atoms with Crippen LogP contribution >= 0.6 is 10.7 Å². The van der Waals surface area contributed by atoms with E-state index in [9.17, 15) is 13.2 Å². The highest BCUT2D eigenvalue weighted by Gasteiger charge is 2.33. The second-order valence-electron chi connectivity index (χ2n) is 5.20. The number of rotatable bonds is 4. The summed E-state index contributed by atoms with van der Waals surface area (Å²) in [5.74, 6) is 0.0100. The molecule has 0 bridgehead atoms. The van der Waals surface area contributed by atoms with E-state index in [0.717, 1.165) is 5.56 Å². The van der Waals surface area contributed by atoms with Crippen LogP contribution in [-0.4, -0.2) is 31.6 Å². The molecule has 1 aliphatic rings. The molecule has 0 N–H and O–H groups in total. The average molecular weight is 341 g/mol. The Balaban J connectivity index is 1.83. The highest BCUT2D eigenvalue weighted by molar-refractivity contribution is 8.13. The Kier molecular flexibility index (Phi) is 3.92. The Morgan fingerprint density at radius 2 is 2.23 bits per heavy atom. The summed E-state index contributed by atoms with van der Waals surface area (Å²) in [5.41, 5.74) is 1.50. The van der Waals surface area contributed by atoms with Crippen LogP contribution in [0.4, 0.5) is 5.69 Å². The summed E-state index contributed by atoms with van der Waals surface area (Å²) >= 11 is 0. The van der Waals surface area contributed by atoms with Gasteiger partial charge in [-0.05, 0) is 12.1 Å². The van der Waals surface area contributed by atoms with E-state index in [1.165, 1.54) is 6.39 Å². The summed E-state index contributed by atoms with van der Waals surface area (Å²) in [6.07, 6.45) is 3.11. The van der Waals surface area contributed by atoms with E-state index in [2.05, 4.69) is 4.98 Å². The van der Waals surface area contributed by atoms with Gasteiger partial charge in [-0.3, -0.25) is 4.79 Å². The zero-order chi connectivity index (χ0) is 15.7. The van der Waals surface area contributed by atoms with Crippen molar-refractivity contribution in [2.45, 2.75) is 6.42 Å². The van der Waals surface area contributed by atoms with Crippen molar-refractivity contribution < 1.29 is 17.6 Å². The highest BCUT2D eigenvalue weighted by atomic mass is 35.7. The molecule has 3 rings (SSSR count). The molecule has 1 unspecified atom stereocenters. The minimum Gasteiger partial charge on any atom is -0.444 e. The van der Waals surface area contributed by atoms with Gasteiger partial charge < -0.3 is 9.32 Å². The van der Waals surface area contributed by atoms with Crippen molar-refractivity contribution in [3.63, 3.8) is 0 Å². The molecule has 0 aliphatic carbocycles. The Hall–Kier alpha value is -1.86. The normalized spacial score (nSPS) is 18.9. The third-order valence-electron chi connectivity index (χ3n) is 3.51. The molecule has 0 saturated carbocycles. The molecule has 1 aromatic carbocycles. The molecule has 0 spiro atoms. The van der Waals surface area contributed by atoms with Crippen LogP contribution in [0.3, 0.4) is 0 Å². The molecule has 2 aromatic rings. The van der Waals surface area contributed by atoms with E-state index in [-0.39, 0.29) is 24.0 Å². The predicted molar refractivity (Wildman–Crippen MR) is 82.0 cm³/mol. The lowest BCUT2D eigenvalue weighted by Crippen LogP contribution is -2.25. The minimum atomic E-state index is -3.61. The summed E-state index contributed by atoms with van der Waals surface area (Å²) in [6.45, 7) is 0.338. The first-order valence-electron chi connectivity index (χ1n) is 6.64. The van der Waals surface area contributed by atoms with Gasteiger partial charge in [-0.15, -0.1) is 0 Å². The van der Waals surface area contributed by atoms with Crippen LogP contribution in [0, 0.1) is 5.92 Å². The first-order chi connectivity index (χ1) is 10.4. The number of nitrogens with zero attached hydrogens (tertiary/aromatic N) is 2. The lowest BCUT2D eigenvalue weighted by Gasteiger charge is -2.17. The Labute approximate surface area is 132 Å². The molecule has 2 heterocycles. The molecule has 1 atom stereocenters. The number of aromatic nitrogens is 1. The van der Waals surface area contributed by atoms with Crippen LogP contribution in [0.1, 0.15) is 6.42 Å². The molecule has 116 valence electrons. The molecule has 22 heavy (non-hydrogen) atoms. The van der Waals surface area contributed by atoms with Gasteiger partial charge in [-0.1, -0.05) is 12.1 Å². The molecule has 8 heteroatoms. The van der Waals surface area contributed by atoms with Crippen molar-refractivity contribution in [2.75, 3.05) is 17.2 Å². The van der Waals surface area contributed by atoms with Crippen LogP contribution in [0.2, 0.25) is 0 Å². The number of amides is 1. The van der Waals surface area contributed by atoms with Crippen molar-refractivity contribution in [1.82, 2.24) is 4.98 Å². The zero-order valence-corrected chi connectivity index (χ0v) is 13.0. The van der Waals surface area contributed by atoms with Gasteiger partial charge in [0.1, 0.15) is 0 Å². The van der Waals surface area contributed by atoms with Gasteiger partial charge in [-0.2, -0.15) is 0 Å². The third-order valence-corrected chi connectivity index (χ3v) is 4.76. The monoisotopic (exact) mass is 340 g/mol. The van der Waals surface area contributed by atoms with E-state index in [1.807, 2.05) is 18.2 Å². The molecule has 1 amide bonds.